The Hall–Kier alpha value is -1.61. The number of fused-ring (bicyclic) bond motifs is 1. The fourth-order valence-electron chi connectivity index (χ4n) is 1.40. The van der Waals surface area contributed by atoms with Crippen LogP contribution in [0.1, 0.15) is 5.56 Å². The van der Waals surface area contributed by atoms with Crippen molar-refractivity contribution in [1.82, 2.24) is 4.98 Å². The number of nitrogens with one attached hydrogen (secondary N) is 1. The van der Waals surface area contributed by atoms with E-state index in [2.05, 4.69) is 10.3 Å². The van der Waals surface area contributed by atoms with Gasteiger partial charge in [-0.25, -0.2) is 4.98 Å². The lowest BCUT2D eigenvalue weighted by Crippen LogP contribution is -1.92. The van der Waals surface area contributed by atoms with Gasteiger partial charge in [0.05, 0.1) is 12.1 Å². The van der Waals surface area contributed by atoms with Crippen molar-refractivity contribution >= 4 is 16.7 Å². The summed E-state index contributed by atoms with van der Waals surface area (Å²) in [5.41, 5.74) is 1.79. The van der Waals surface area contributed by atoms with Gasteiger partial charge in [0.1, 0.15) is 5.82 Å². The first-order chi connectivity index (χ1) is 6.83. The third kappa shape index (κ3) is 1.54. The predicted octanol–water partition coefficient (Wildman–Crippen LogP) is 1.77. The smallest absolute Gasteiger partial charge is 0.126 e. The number of pyridine rings is 1. The molecular formula is C11H12N2O. The molecule has 1 aromatic carbocycles. The number of aromatic nitrogens is 1. The zero-order valence-corrected chi connectivity index (χ0v) is 7.99. The Balaban J connectivity index is 2.60. The zero-order chi connectivity index (χ0) is 9.97. The average molecular weight is 188 g/mol. The van der Waals surface area contributed by atoms with Crippen LogP contribution in [0, 0.1) is 0 Å². The van der Waals surface area contributed by atoms with Crippen molar-refractivity contribution in [2.24, 2.45) is 0 Å². The molecular weight excluding hydrogens is 176 g/mol. The molecule has 72 valence electrons. The number of hydrogen-bond acceptors (Lipinski definition) is 3. The maximum Gasteiger partial charge on any atom is 0.126 e. The summed E-state index contributed by atoms with van der Waals surface area (Å²) in [5.74, 6) is 0.840. The second kappa shape index (κ2) is 3.64. The van der Waals surface area contributed by atoms with Gasteiger partial charge < -0.3 is 10.4 Å². The van der Waals surface area contributed by atoms with Gasteiger partial charge in [-0.15, -0.1) is 0 Å². The van der Waals surface area contributed by atoms with Gasteiger partial charge in [-0.05, 0) is 23.8 Å². The Bertz CT molecular complexity index is 415. The number of hydrogen-bond donors (Lipinski definition) is 2. The highest BCUT2D eigenvalue weighted by Crippen LogP contribution is 2.16. The predicted molar refractivity (Wildman–Crippen MR) is 57.2 cm³/mol. The third-order valence-electron chi connectivity index (χ3n) is 2.20. The molecule has 0 spiro atoms. The van der Waals surface area contributed by atoms with Crippen LogP contribution in [0.5, 0.6) is 0 Å². The first kappa shape index (κ1) is 8.97. The summed E-state index contributed by atoms with van der Waals surface area (Å²) in [6.45, 7) is 0.0569. The summed E-state index contributed by atoms with van der Waals surface area (Å²) in [4.78, 5) is 4.38. The summed E-state index contributed by atoms with van der Waals surface area (Å²) in [6.07, 6.45) is 0. The van der Waals surface area contributed by atoms with Crippen LogP contribution in [0.4, 0.5) is 5.82 Å². The molecule has 1 aromatic heterocycles. The molecule has 0 aliphatic rings. The highest BCUT2D eigenvalue weighted by atomic mass is 16.3. The van der Waals surface area contributed by atoms with E-state index in [1.54, 1.807) is 0 Å². The Kier molecular flexibility index (Phi) is 2.33. The summed E-state index contributed by atoms with van der Waals surface area (Å²) in [6, 6.07) is 9.71. The molecule has 2 rings (SSSR count). The zero-order valence-electron chi connectivity index (χ0n) is 7.99. The van der Waals surface area contributed by atoms with Gasteiger partial charge in [0.25, 0.3) is 0 Å². The first-order valence-corrected chi connectivity index (χ1v) is 4.52. The van der Waals surface area contributed by atoms with Crippen molar-refractivity contribution in [1.29, 1.82) is 0 Å². The molecule has 0 saturated carbocycles. The number of aliphatic hydroxyl groups excluding tert-OH is 1. The molecule has 2 N–H and O–H groups in total. The van der Waals surface area contributed by atoms with Crippen LogP contribution in [-0.4, -0.2) is 17.1 Å². The Morgan fingerprint density at radius 3 is 2.79 bits per heavy atom. The molecule has 0 fully saturated rings. The number of rotatable bonds is 2. The normalized spacial score (nSPS) is 10.4. The largest absolute Gasteiger partial charge is 0.392 e. The monoisotopic (exact) mass is 188 g/mol. The van der Waals surface area contributed by atoms with Gasteiger partial charge in [-0.2, -0.15) is 0 Å². The molecule has 2 aromatic rings. The first-order valence-electron chi connectivity index (χ1n) is 4.52. The molecule has 0 amide bonds. The van der Waals surface area contributed by atoms with Gasteiger partial charge in [0.2, 0.25) is 0 Å². The maximum absolute atomic E-state index is 8.98. The van der Waals surface area contributed by atoms with Gasteiger partial charge in [0, 0.05) is 12.4 Å². The standard InChI is InChI=1S/C11H12N2O/c1-12-11-5-4-9-3-2-8(7-14)6-10(9)13-11/h2-6,14H,7H2,1H3,(H,12,13). The van der Waals surface area contributed by atoms with Crippen LogP contribution >= 0.6 is 0 Å². The second-order valence-corrected chi connectivity index (χ2v) is 3.13. The fourth-order valence-corrected chi connectivity index (χ4v) is 1.40. The number of benzene rings is 1. The van der Waals surface area contributed by atoms with Crippen molar-refractivity contribution in [3.8, 4) is 0 Å². The van der Waals surface area contributed by atoms with Gasteiger partial charge in [-0.1, -0.05) is 12.1 Å². The maximum atomic E-state index is 8.98. The van der Waals surface area contributed by atoms with E-state index in [0.29, 0.717) is 0 Å². The number of anilines is 1. The lowest BCUT2D eigenvalue weighted by atomic mass is 10.1. The lowest BCUT2D eigenvalue weighted by molar-refractivity contribution is 0.282. The van der Waals surface area contributed by atoms with Crippen LogP contribution in [0.3, 0.4) is 0 Å². The molecule has 0 atom stereocenters. The topological polar surface area (TPSA) is 45.1 Å². The van der Waals surface area contributed by atoms with E-state index in [1.165, 1.54) is 0 Å². The lowest BCUT2D eigenvalue weighted by Gasteiger charge is -2.03. The van der Waals surface area contributed by atoms with Crippen LogP contribution in [0.15, 0.2) is 30.3 Å². The molecule has 0 unspecified atom stereocenters. The van der Waals surface area contributed by atoms with Gasteiger partial charge >= 0.3 is 0 Å². The Labute approximate surface area is 82.4 Å². The van der Waals surface area contributed by atoms with Crippen LogP contribution in [0.2, 0.25) is 0 Å². The van der Waals surface area contributed by atoms with Gasteiger partial charge in [0.15, 0.2) is 0 Å². The minimum absolute atomic E-state index is 0.0569. The molecule has 0 aliphatic heterocycles. The van der Waals surface area contributed by atoms with Crippen molar-refractivity contribution in [2.45, 2.75) is 6.61 Å². The molecule has 1 heterocycles. The van der Waals surface area contributed by atoms with Crippen molar-refractivity contribution in [2.75, 3.05) is 12.4 Å². The van der Waals surface area contributed by atoms with Crippen LogP contribution in [0.25, 0.3) is 10.9 Å². The van der Waals surface area contributed by atoms with E-state index in [4.69, 9.17) is 5.11 Å². The molecule has 0 bridgehead atoms. The molecule has 0 aliphatic carbocycles. The second-order valence-electron chi connectivity index (χ2n) is 3.13. The molecule has 3 heteroatoms. The third-order valence-corrected chi connectivity index (χ3v) is 2.20. The van der Waals surface area contributed by atoms with E-state index in [9.17, 15) is 0 Å². The Morgan fingerprint density at radius 2 is 2.07 bits per heavy atom. The number of nitrogens with zero attached hydrogens (tertiary/aromatic N) is 1. The average Bonchev–Trinajstić information content (AvgIpc) is 2.27. The van der Waals surface area contributed by atoms with E-state index < -0.39 is 0 Å². The minimum atomic E-state index is 0.0569. The van der Waals surface area contributed by atoms with E-state index in [-0.39, 0.29) is 6.61 Å². The van der Waals surface area contributed by atoms with E-state index in [1.807, 2.05) is 37.4 Å². The number of aliphatic hydroxyl groups is 1. The minimum Gasteiger partial charge on any atom is -0.392 e. The summed E-state index contributed by atoms with van der Waals surface area (Å²) >= 11 is 0. The summed E-state index contributed by atoms with van der Waals surface area (Å²) in [7, 11) is 1.84. The van der Waals surface area contributed by atoms with Gasteiger partial charge in [-0.3, -0.25) is 0 Å². The highest BCUT2D eigenvalue weighted by molar-refractivity contribution is 5.80. The van der Waals surface area contributed by atoms with Crippen LogP contribution < -0.4 is 5.32 Å². The highest BCUT2D eigenvalue weighted by Gasteiger charge is 1.98. The quantitative estimate of drug-likeness (QED) is 0.755. The Morgan fingerprint density at radius 1 is 1.29 bits per heavy atom. The molecule has 0 saturated heterocycles. The fraction of sp³-hybridized carbons (Fsp3) is 0.182. The van der Waals surface area contributed by atoms with E-state index in [0.717, 1.165) is 22.3 Å². The van der Waals surface area contributed by atoms with Crippen LogP contribution in [-0.2, 0) is 6.61 Å². The SMILES string of the molecule is CNc1ccc2ccc(CO)cc2n1. The molecule has 0 radical (unpaired) electrons. The van der Waals surface area contributed by atoms with Crippen molar-refractivity contribution < 1.29 is 5.11 Å². The molecule has 3 nitrogen and oxygen atoms in total. The summed E-state index contributed by atoms with van der Waals surface area (Å²) < 4.78 is 0. The molecule has 14 heavy (non-hydrogen) atoms. The van der Waals surface area contributed by atoms with E-state index >= 15 is 0 Å². The van der Waals surface area contributed by atoms with Crippen molar-refractivity contribution in [3.63, 3.8) is 0 Å². The van der Waals surface area contributed by atoms with Crippen molar-refractivity contribution in [3.05, 3.63) is 35.9 Å². The summed E-state index contributed by atoms with van der Waals surface area (Å²) in [5, 5.41) is 13.0.